The highest BCUT2D eigenvalue weighted by molar-refractivity contribution is 5.76. The number of carbonyl (C=O) groups excluding carboxylic acids is 1. The average Bonchev–Trinajstić information content (AvgIpc) is 2.13. The molecule has 14 heavy (non-hydrogen) atoms. The lowest BCUT2D eigenvalue weighted by molar-refractivity contribution is -0.131. The molecular weight excluding hydrogens is 176 g/mol. The van der Waals surface area contributed by atoms with E-state index in [2.05, 4.69) is 12.2 Å². The fourth-order valence-corrected chi connectivity index (χ4v) is 1.76. The second kappa shape index (κ2) is 6.82. The molecule has 3 heteroatoms. The minimum atomic E-state index is 0.355. The van der Waals surface area contributed by atoms with E-state index in [1.54, 1.807) is 0 Å². The molecular formula is C11H22N2O. The highest BCUT2D eigenvalue weighted by Gasteiger charge is 2.13. The molecule has 1 fully saturated rings. The first-order chi connectivity index (χ1) is 6.84. The van der Waals surface area contributed by atoms with E-state index >= 15 is 0 Å². The third-order valence-corrected chi connectivity index (χ3v) is 2.66. The molecule has 0 aromatic heterocycles. The van der Waals surface area contributed by atoms with Crippen molar-refractivity contribution < 1.29 is 4.79 Å². The molecule has 1 aliphatic rings. The summed E-state index contributed by atoms with van der Waals surface area (Å²) in [4.78, 5) is 13.8. The molecule has 3 nitrogen and oxygen atoms in total. The van der Waals surface area contributed by atoms with Gasteiger partial charge in [0.05, 0.1) is 0 Å². The number of carbonyl (C=O) groups is 1. The van der Waals surface area contributed by atoms with Crippen LogP contribution in [-0.2, 0) is 4.79 Å². The van der Waals surface area contributed by atoms with Crippen LogP contribution in [-0.4, -0.2) is 37.0 Å². The van der Waals surface area contributed by atoms with Crippen LogP contribution < -0.4 is 5.32 Å². The first-order valence-electron chi connectivity index (χ1n) is 5.83. The second-order valence-corrected chi connectivity index (χ2v) is 3.94. The lowest BCUT2D eigenvalue weighted by atomic mass is 10.2. The standard InChI is InChI=1S/C11H22N2O/c1-2-3-6-11(14)13-9-4-7-12-8-5-10-13/h12H,2-10H2,1H3. The Morgan fingerprint density at radius 3 is 2.50 bits per heavy atom. The lowest BCUT2D eigenvalue weighted by Gasteiger charge is -2.25. The van der Waals surface area contributed by atoms with Gasteiger partial charge in [-0.05, 0) is 32.4 Å². The molecule has 1 saturated heterocycles. The number of nitrogens with one attached hydrogen (secondary N) is 1. The summed E-state index contributed by atoms with van der Waals surface area (Å²) < 4.78 is 0. The fraction of sp³-hybridized carbons (Fsp3) is 0.909. The Labute approximate surface area is 86.9 Å². The Balaban J connectivity index is 2.27. The molecule has 1 amide bonds. The average molecular weight is 198 g/mol. The van der Waals surface area contributed by atoms with Crippen LogP contribution in [0.5, 0.6) is 0 Å². The van der Waals surface area contributed by atoms with Crippen LogP contribution in [0.2, 0.25) is 0 Å². The number of hydrogen-bond donors (Lipinski definition) is 1. The highest BCUT2D eigenvalue weighted by atomic mass is 16.2. The molecule has 1 heterocycles. The molecule has 0 aromatic rings. The summed E-state index contributed by atoms with van der Waals surface area (Å²) in [6.45, 7) is 6.12. The molecule has 1 aliphatic heterocycles. The van der Waals surface area contributed by atoms with Crippen molar-refractivity contribution in [3.05, 3.63) is 0 Å². The zero-order valence-corrected chi connectivity index (χ0v) is 9.22. The SMILES string of the molecule is CCCCC(=O)N1CCCNCCC1. The van der Waals surface area contributed by atoms with E-state index in [1.807, 2.05) is 4.90 Å². The minimum Gasteiger partial charge on any atom is -0.343 e. The van der Waals surface area contributed by atoms with Gasteiger partial charge in [0.15, 0.2) is 0 Å². The van der Waals surface area contributed by atoms with Crippen molar-refractivity contribution in [2.45, 2.75) is 39.0 Å². The van der Waals surface area contributed by atoms with Gasteiger partial charge in [0.2, 0.25) is 5.91 Å². The summed E-state index contributed by atoms with van der Waals surface area (Å²) >= 11 is 0. The summed E-state index contributed by atoms with van der Waals surface area (Å²) in [5, 5.41) is 3.35. The molecule has 0 radical (unpaired) electrons. The highest BCUT2D eigenvalue weighted by Crippen LogP contribution is 2.04. The third-order valence-electron chi connectivity index (χ3n) is 2.66. The molecule has 0 bridgehead atoms. The molecule has 82 valence electrons. The summed E-state index contributed by atoms with van der Waals surface area (Å²) in [7, 11) is 0. The van der Waals surface area contributed by atoms with Crippen molar-refractivity contribution >= 4 is 5.91 Å². The van der Waals surface area contributed by atoms with Crippen molar-refractivity contribution in [1.29, 1.82) is 0 Å². The Bertz CT molecular complexity index is 163. The summed E-state index contributed by atoms with van der Waals surface area (Å²) in [6, 6.07) is 0. The van der Waals surface area contributed by atoms with E-state index in [-0.39, 0.29) is 0 Å². The largest absolute Gasteiger partial charge is 0.343 e. The number of nitrogens with zero attached hydrogens (tertiary/aromatic N) is 1. The topological polar surface area (TPSA) is 32.3 Å². The van der Waals surface area contributed by atoms with Gasteiger partial charge < -0.3 is 10.2 Å². The first kappa shape index (κ1) is 11.5. The summed E-state index contributed by atoms with van der Waals surface area (Å²) in [5.74, 6) is 0.355. The number of hydrogen-bond acceptors (Lipinski definition) is 2. The van der Waals surface area contributed by atoms with Crippen molar-refractivity contribution in [2.75, 3.05) is 26.2 Å². The van der Waals surface area contributed by atoms with Crippen LogP contribution in [0.4, 0.5) is 0 Å². The van der Waals surface area contributed by atoms with Crippen molar-refractivity contribution in [3.8, 4) is 0 Å². The fourth-order valence-electron chi connectivity index (χ4n) is 1.76. The van der Waals surface area contributed by atoms with Crippen LogP contribution in [0.1, 0.15) is 39.0 Å². The lowest BCUT2D eigenvalue weighted by Crippen LogP contribution is -2.37. The quantitative estimate of drug-likeness (QED) is 0.743. The van der Waals surface area contributed by atoms with Crippen molar-refractivity contribution in [1.82, 2.24) is 10.2 Å². The van der Waals surface area contributed by atoms with E-state index in [9.17, 15) is 4.79 Å². The van der Waals surface area contributed by atoms with Gasteiger partial charge in [0.25, 0.3) is 0 Å². The van der Waals surface area contributed by atoms with Gasteiger partial charge in [-0.25, -0.2) is 0 Å². The maximum absolute atomic E-state index is 11.7. The van der Waals surface area contributed by atoms with Gasteiger partial charge >= 0.3 is 0 Å². The Morgan fingerprint density at radius 2 is 1.93 bits per heavy atom. The van der Waals surface area contributed by atoms with Crippen LogP contribution in [0.15, 0.2) is 0 Å². The van der Waals surface area contributed by atoms with Crippen LogP contribution in [0, 0.1) is 0 Å². The zero-order chi connectivity index (χ0) is 10.2. The predicted molar refractivity (Wildman–Crippen MR) is 58.2 cm³/mol. The Hall–Kier alpha value is -0.570. The monoisotopic (exact) mass is 198 g/mol. The van der Waals surface area contributed by atoms with E-state index in [0.29, 0.717) is 5.91 Å². The minimum absolute atomic E-state index is 0.355. The maximum Gasteiger partial charge on any atom is 0.222 e. The van der Waals surface area contributed by atoms with E-state index in [4.69, 9.17) is 0 Å². The molecule has 0 aliphatic carbocycles. The van der Waals surface area contributed by atoms with E-state index < -0.39 is 0 Å². The molecule has 1 N–H and O–H groups in total. The third kappa shape index (κ3) is 4.09. The van der Waals surface area contributed by atoms with Crippen molar-refractivity contribution in [2.24, 2.45) is 0 Å². The van der Waals surface area contributed by atoms with Gasteiger partial charge in [-0.1, -0.05) is 13.3 Å². The number of amides is 1. The smallest absolute Gasteiger partial charge is 0.222 e. The van der Waals surface area contributed by atoms with Gasteiger partial charge in [0, 0.05) is 19.5 Å². The molecule has 0 atom stereocenters. The van der Waals surface area contributed by atoms with E-state index in [0.717, 1.165) is 58.3 Å². The number of rotatable bonds is 3. The zero-order valence-electron chi connectivity index (χ0n) is 9.22. The maximum atomic E-state index is 11.7. The molecule has 0 saturated carbocycles. The van der Waals surface area contributed by atoms with Gasteiger partial charge in [0.1, 0.15) is 0 Å². The molecule has 1 rings (SSSR count). The van der Waals surface area contributed by atoms with Gasteiger partial charge in [-0.3, -0.25) is 4.79 Å². The van der Waals surface area contributed by atoms with Crippen LogP contribution in [0.3, 0.4) is 0 Å². The summed E-state index contributed by atoms with van der Waals surface area (Å²) in [6.07, 6.45) is 5.08. The Morgan fingerprint density at radius 1 is 1.29 bits per heavy atom. The van der Waals surface area contributed by atoms with Gasteiger partial charge in [-0.2, -0.15) is 0 Å². The van der Waals surface area contributed by atoms with Crippen molar-refractivity contribution in [3.63, 3.8) is 0 Å². The van der Waals surface area contributed by atoms with Crippen LogP contribution in [0.25, 0.3) is 0 Å². The van der Waals surface area contributed by atoms with Gasteiger partial charge in [-0.15, -0.1) is 0 Å². The molecule has 0 aromatic carbocycles. The van der Waals surface area contributed by atoms with E-state index in [1.165, 1.54) is 0 Å². The predicted octanol–water partition coefficient (Wildman–Crippen LogP) is 1.39. The molecule has 0 spiro atoms. The van der Waals surface area contributed by atoms with Crippen LogP contribution >= 0.6 is 0 Å². The summed E-state index contributed by atoms with van der Waals surface area (Å²) in [5.41, 5.74) is 0. The Kier molecular flexibility index (Phi) is 5.60. The first-order valence-corrected chi connectivity index (χ1v) is 5.83. The molecule has 0 unspecified atom stereocenters. The normalized spacial score (nSPS) is 18.8. The second-order valence-electron chi connectivity index (χ2n) is 3.94. The number of unbranched alkanes of at least 4 members (excludes halogenated alkanes) is 1.